The van der Waals surface area contributed by atoms with Crippen molar-refractivity contribution in [3.05, 3.63) is 35.6 Å². The molecule has 0 fully saturated rings. The lowest BCUT2D eigenvalue weighted by Crippen LogP contribution is -2.32. The minimum Gasteiger partial charge on any atom is -0.395 e. The smallest absolute Gasteiger partial charge is 0.127 e. The molecule has 1 rings (SSSR count). The number of benzene rings is 1. The summed E-state index contributed by atoms with van der Waals surface area (Å²) in [4.78, 5) is 2.24. The molecule has 1 aromatic rings. The average Bonchev–Trinajstić information content (AvgIpc) is 2.49. The van der Waals surface area contributed by atoms with Gasteiger partial charge in [-0.05, 0) is 38.4 Å². The first kappa shape index (κ1) is 18.1. The van der Waals surface area contributed by atoms with Gasteiger partial charge in [0.15, 0.2) is 0 Å². The predicted molar refractivity (Wildman–Crippen MR) is 85.9 cm³/mol. The van der Waals surface area contributed by atoms with Gasteiger partial charge in [0.25, 0.3) is 0 Å². The molecule has 21 heavy (non-hydrogen) atoms. The van der Waals surface area contributed by atoms with Gasteiger partial charge in [-0.3, -0.25) is 0 Å². The van der Waals surface area contributed by atoms with Crippen molar-refractivity contribution >= 4 is 0 Å². The summed E-state index contributed by atoms with van der Waals surface area (Å²) in [6.45, 7) is 7.82. The van der Waals surface area contributed by atoms with Gasteiger partial charge in [0.2, 0.25) is 0 Å². The van der Waals surface area contributed by atoms with Crippen LogP contribution in [0.1, 0.15) is 44.7 Å². The van der Waals surface area contributed by atoms with Crippen molar-refractivity contribution < 1.29 is 9.50 Å². The molecular formula is C17H29FN2O. The van der Waals surface area contributed by atoms with Crippen LogP contribution in [0.3, 0.4) is 0 Å². The van der Waals surface area contributed by atoms with Crippen molar-refractivity contribution in [2.75, 3.05) is 32.8 Å². The highest BCUT2D eigenvalue weighted by Crippen LogP contribution is 2.20. The largest absolute Gasteiger partial charge is 0.395 e. The number of halogens is 1. The van der Waals surface area contributed by atoms with Gasteiger partial charge in [-0.15, -0.1) is 0 Å². The molecule has 1 atom stereocenters. The Morgan fingerprint density at radius 1 is 1.14 bits per heavy atom. The fourth-order valence-corrected chi connectivity index (χ4v) is 2.55. The monoisotopic (exact) mass is 296 g/mol. The van der Waals surface area contributed by atoms with Gasteiger partial charge in [-0.25, -0.2) is 4.39 Å². The number of rotatable bonds is 11. The van der Waals surface area contributed by atoms with E-state index in [4.69, 9.17) is 5.11 Å². The van der Waals surface area contributed by atoms with Crippen LogP contribution in [0.5, 0.6) is 0 Å². The maximum atomic E-state index is 14.0. The summed E-state index contributed by atoms with van der Waals surface area (Å²) < 4.78 is 14.0. The number of hydrogen-bond donors (Lipinski definition) is 2. The molecule has 1 unspecified atom stereocenters. The molecule has 3 nitrogen and oxygen atoms in total. The zero-order valence-electron chi connectivity index (χ0n) is 13.3. The fourth-order valence-electron chi connectivity index (χ4n) is 2.55. The SMILES string of the molecule is CCCNC(CCN(CCC)CCO)c1ccccc1F. The van der Waals surface area contributed by atoms with Gasteiger partial charge in [-0.2, -0.15) is 0 Å². The standard InChI is InChI=1S/C17H29FN2O/c1-3-10-19-17(15-7-5-6-8-16(15)18)9-12-20(11-4-2)13-14-21/h5-8,17,19,21H,3-4,9-14H2,1-2H3. The van der Waals surface area contributed by atoms with E-state index in [2.05, 4.69) is 24.1 Å². The van der Waals surface area contributed by atoms with Crippen molar-refractivity contribution in [1.29, 1.82) is 0 Å². The minimum absolute atomic E-state index is 0.0317. The minimum atomic E-state index is -0.143. The molecule has 0 amide bonds. The predicted octanol–water partition coefficient (Wildman–Crippen LogP) is 2.96. The van der Waals surface area contributed by atoms with Crippen LogP contribution < -0.4 is 5.32 Å². The molecule has 2 N–H and O–H groups in total. The fraction of sp³-hybridized carbons (Fsp3) is 0.647. The average molecular weight is 296 g/mol. The Kier molecular flexibility index (Phi) is 9.22. The van der Waals surface area contributed by atoms with Crippen LogP contribution >= 0.6 is 0 Å². The molecule has 0 bridgehead atoms. The number of aliphatic hydroxyl groups excluding tert-OH is 1. The maximum Gasteiger partial charge on any atom is 0.127 e. The third kappa shape index (κ3) is 6.55. The van der Waals surface area contributed by atoms with Crippen molar-refractivity contribution in [3.63, 3.8) is 0 Å². The van der Waals surface area contributed by atoms with E-state index in [1.165, 1.54) is 6.07 Å². The van der Waals surface area contributed by atoms with Crippen LogP contribution in [0.15, 0.2) is 24.3 Å². The van der Waals surface area contributed by atoms with E-state index in [9.17, 15) is 4.39 Å². The van der Waals surface area contributed by atoms with Crippen LogP contribution in [0.4, 0.5) is 4.39 Å². The van der Waals surface area contributed by atoms with Gasteiger partial charge in [0, 0.05) is 24.7 Å². The summed E-state index contributed by atoms with van der Waals surface area (Å²) in [6, 6.07) is 7.03. The molecule has 0 saturated heterocycles. The number of nitrogens with zero attached hydrogens (tertiary/aromatic N) is 1. The molecule has 4 heteroatoms. The van der Waals surface area contributed by atoms with Crippen LogP contribution in [-0.4, -0.2) is 42.8 Å². The van der Waals surface area contributed by atoms with Crippen LogP contribution in [-0.2, 0) is 0 Å². The Balaban J connectivity index is 2.67. The van der Waals surface area contributed by atoms with Gasteiger partial charge in [0.05, 0.1) is 6.61 Å². The van der Waals surface area contributed by atoms with E-state index in [1.54, 1.807) is 6.07 Å². The van der Waals surface area contributed by atoms with E-state index in [-0.39, 0.29) is 18.5 Å². The van der Waals surface area contributed by atoms with E-state index in [0.717, 1.165) is 44.5 Å². The van der Waals surface area contributed by atoms with Gasteiger partial charge in [0.1, 0.15) is 5.82 Å². The Hall–Kier alpha value is -0.970. The number of aliphatic hydroxyl groups is 1. The second-order valence-electron chi connectivity index (χ2n) is 5.38. The third-order valence-electron chi connectivity index (χ3n) is 3.61. The maximum absolute atomic E-state index is 14.0. The van der Waals surface area contributed by atoms with Crippen molar-refractivity contribution in [1.82, 2.24) is 10.2 Å². The molecule has 0 heterocycles. The highest BCUT2D eigenvalue weighted by atomic mass is 19.1. The molecule has 120 valence electrons. The quantitative estimate of drug-likeness (QED) is 0.659. The molecule has 0 aliphatic carbocycles. The Bertz CT molecular complexity index is 381. The summed E-state index contributed by atoms with van der Waals surface area (Å²) in [6.07, 6.45) is 2.94. The summed E-state index contributed by atoms with van der Waals surface area (Å²) in [5.41, 5.74) is 0.742. The van der Waals surface area contributed by atoms with Gasteiger partial charge in [-0.1, -0.05) is 32.0 Å². The van der Waals surface area contributed by atoms with E-state index < -0.39 is 0 Å². The van der Waals surface area contributed by atoms with Crippen LogP contribution in [0.25, 0.3) is 0 Å². The Morgan fingerprint density at radius 3 is 2.52 bits per heavy atom. The van der Waals surface area contributed by atoms with Crippen LogP contribution in [0, 0.1) is 5.82 Å². The topological polar surface area (TPSA) is 35.5 Å². The number of nitrogens with one attached hydrogen (secondary N) is 1. The lowest BCUT2D eigenvalue weighted by atomic mass is 10.0. The lowest BCUT2D eigenvalue weighted by Gasteiger charge is -2.25. The Morgan fingerprint density at radius 2 is 1.90 bits per heavy atom. The second-order valence-corrected chi connectivity index (χ2v) is 5.38. The summed E-state index contributed by atoms with van der Waals surface area (Å²) in [5.74, 6) is -0.143. The van der Waals surface area contributed by atoms with Crippen molar-refractivity contribution in [2.45, 2.75) is 39.2 Å². The van der Waals surface area contributed by atoms with Gasteiger partial charge >= 0.3 is 0 Å². The second kappa shape index (κ2) is 10.7. The van der Waals surface area contributed by atoms with Gasteiger partial charge < -0.3 is 15.3 Å². The first-order valence-electron chi connectivity index (χ1n) is 8.03. The molecule has 0 radical (unpaired) electrons. The van der Waals surface area contributed by atoms with Crippen molar-refractivity contribution in [2.24, 2.45) is 0 Å². The summed E-state index contributed by atoms with van der Waals surface area (Å²) in [5, 5.41) is 12.6. The first-order chi connectivity index (χ1) is 10.2. The van der Waals surface area contributed by atoms with E-state index in [0.29, 0.717) is 6.54 Å². The molecule has 0 aromatic heterocycles. The molecule has 0 aliphatic heterocycles. The van der Waals surface area contributed by atoms with Crippen molar-refractivity contribution in [3.8, 4) is 0 Å². The van der Waals surface area contributed by atoms with Crippen LogP contribution in [0.2, 0.25) is 0 Å². The normalized spacial score (nSPS) is 12.8. The molecule has 0 saturated carbocycles. The molecule has 0 aliphatic rings. The Labute approximate surface area is 128 Å². The molecule has 1 aromatic carbocycles. The highest BCUT2D eigenvalue weighted by molar-refractivity contribution is 5.21. The third-order valence-corrected chi connectivity index (χ3v) is 3.61. The van der Waals surface area contributed by atoms with E-state index >= 15 is 0 Å². The zero-order chi connectivity index (χ0) is 15.5. The highest BCUT2D eigenvalue weighted by Gasteiger charge is 2.16. The summed E-state index contributed by atoms with van der Waals surface area (Å²) in [7, 11) is 0. The van der Waals surface area contributed by atoms with E-state index in [1.807, 2.05) is 12.1 Å². The first-order valence-corrected chi connectivity index (χ1v) is 8.03. The summed E-state index contributed by atoms with van der Waals surface area (Å²) >= 11 is 0. The molecule has 0 spiro atoms. The zero-order valence-corrected chi connectivity index (χ0v) is 13.3. The molecular weight excluding hydrogens is 267 g/mol. The lowest BCUT2D eigenvalue weighted by molar-refractivity contribution is 0.189. The number of hydrogen-bond acceptors (Lipinski definition) is 3.